The maximum atomic E-state index is 4.91. The summed E-state index contributed by atoms with van der Waals surface area (Å²) in [6, 6.07) is 47.1. The maximum Gasteiger partial charge on any atom is 0.514 e. The molecule has 0 bridgehead atoms. The smallest absolute Gasteiger partial charge is 0.429 e. The van der Waals surface area contributed by atoms with Crippen LogP contribution in [0.1, 0.15) is 0 Å². The minimum Gasteiger partial charge on any atom is -0.429 e. The summed E-state index contributed by atoms with van der Waals surface area (Å²) in [5.74, 6) is 0. The van der Waals surface area contributed by atoms with E-state index in [1.54, 1.807) is 0 Å². The fraction of sp³-hybridized carbons (Fsp3) is 0. The van der Waals surface area contributed by atoms with Crippen molar-refractivity contribution in [3.63, 3.8) is 0 Å². The summed E-state index contributed by atoms with van der Waals surface area (Å²) in [4.78, 5) is 4.91. The zero-order valence-electron chi connectivity index (χ0n) is 23.1. The van der Waals surface area contributed by atoms with Gasteiger partial charge in [-0.2, -0.15) is 0 Å². The van der Waals surface area contributed by atoms with Gasteiger partial charge in [-0.3, -0.25) is 4.98 Å². The molecule has 0 saturated carbocycles. The maximum absolute atomic E-state index is 4.91. The third-order valence-corrected chi connectivity index (χ3v) is 10.2. The molecule has 43 heavy (non-hydrogen) atoms. The van der Waals surface area contributed by atoms with Gasteiger partial charge in [-0.15, -0.1) is 0 Å². The number of aromatic nitrogens is 4. The molecular formula is C38H23BN4. The van der Waals surface area contributed by atoms with Crippen LogP contribution in [0.15, 0.2) is 140 Å². The van der Waals surface area contributed by atoms with Gasteiger partial charge in [0.15, 0.2) is 11.4 Å². The minimum atomic E-state index is -1.82. The van der Waals surface area contributed by atoms with Crippen molar-refractivity contribution >= 4 is 66.4 Å². The summed E-state index contributed by atoms with van der Waals surface area (Å²) in [5.41, 5.74) is 11.0. The lowest BCUT2D eigenvalue weighted by atomic mass is 9.48. The van der Waals surface area contributed by atoms with Crippen molar-refractivity contribution in [1.29, 1.82) is 0 Å². The van der Waals surface area contributed by atoms with Gasteiger partial charge in [0.05, 0.1) is 23.5 Å². The number of rotatable bonds is 1. The van der Waals surface area contributed by atoms with Gasteiger partial charge in [0.25, 0.3) is 0 Å². The molecule has 4 nitrogen and oxygen atoms in total. The van der Waals surface area contributed by atoms with Gasteiger partial charge in [0.1, 0.15) is 0 Å². The van der Waals surface area contributed by atoms with Crippen LogP contribution in [-0.2, 0) is 0 Å². The number of hydrogen-bond acceptors (Lipinski definition) is 1. The van der Waals surface area contributed by atoms with E-state index in [-0.39, 0.29) is 0 Å². The van der Waals surface area contributed by atoms with Gasteiger partial charge in [-0.25, -0.2) is 0 Å². The molecule has 3 aromatic heterocycles. The molecule has 0 N–H and O–H groups in total. The van der Waals surface area contributed by atoms with E-state index in [2.05, 4.69) is 153 Å². The zero-order chi connectivity index (χ0) is 27.9. The fourth-order valence-corrected chi connectivity index (χ4v) is 8.81. The van der Waals surface area contributed by atoms with Gasteiger partial charge in [-0.1, -0.05) is 109 Å². The number of nitrogens with zero attached hydrogens (tertiary/aromatic N) is 4. The third-order valence-electron chi connectivity index (χ3n) is 10.2. The molecule has 6 aromatic carbocycles. The first kappa shape index (κ1) is 22.0. The molecule has 1 unspecified atom stereocenters. The molecule has 2 aliphatic heterocycles. The van der Waals surface area contributed by atoms with Gasteiger partial charge in [-0.05, 0) is 35.0 Å². The van der Waals surface area contributed by atoms with Crippen LogP contribution in [0.25, 0.3) is 76.9 Å². The average Bonchev–Trinajstić information content (AvgIpc) is 3.61. The van der Waals surface area contributed by atoms with Crippen LogP contribution >= 0.6 is 0 Å². The molecule has 2 aliphatic rings. The molecule has 5 heterocycles. The van der Waals surface area contributed by atoms with Crippen molar-refractivity contribution in [2.24, 2.45) is 0 Å². The molecule has 1 atom stereocenters. The highest BCUT2D eigenvalue weighted by atomic mass is 15.3. The summed E-state index contributed by atoms with van der Waals surface area (Å²) in [6.45, 7) is -1.82. The predicted octanol–water partition coefficient (Wildman–Crippen LogP) is 7.49. The first-order chi connectivity index (χ1) is 21.4. The third kappa shape index (κ3) is 2.34. The Morgan fingerprint density at radius 3 is 1.93 bits per heavy atom. The van der Waals surface area contributed by atoms with E-state index in [1.807, 2.05) is 0 Å². The standard InChI is InChI=1S/C38H23BN4/c1-2-11-25(12-3-1)39-41-34(29-16-8-15-28-27-14-6-7-19-32(27)42(39)37(28)29)22-40-23-35(41)30-17-9-18-31-36-26-13-5-4-10-24(26)20-21-33(36)43(39)38(30)31/h1-23H. The molecule has 9 aromatic rings. The van der Waals surface area contributed by atoms with Crippen molar-refractivity contribution in [2.45, 2.75) is 0 Å². The molecule has 11 rings (SSSR count). The van der Waals surface area contributed by atoms with Crippen LogP contribution in [0.4, 0.5) is 0 Å². The molecule has 0 spiro atoms. The topological polar surface area (TPSA) is 26.6 Å². The summed E-state index contributed by atoms with van der Waals surface area (Å²) >= 11 is 0. The van der Waals surface area contributed by atoms with Gasteiger partial charge in [0, 0.05) is 43.6 Å². The summed E-state index contributed by atoms with van der Waals surface area (Å²) in [7, 11) is 0. The summed E-state index contributed by atoms with van der Waals surface area (Å²) < 4.78 is 7.99. The SMILES string of the molecule is c1ccc([B-]23n4c5ccccc5c5cccc(c54)-c4cncc([n+]42)-c2cccc4c5c6ccccc6ccc5n3c24)cc1. The van der Waals surface area contributed by atoms with E-state index in [1.165, 1.54) is 71.0 Å². The van der Waals surface area contributed by atoms with E-state index < -0.39 is 6.55 Å². The van der Waals surface area contributed by atoms with Crippen LogP contribution in [0, 0.1) is 0 Å². The largest absolute Gasteiger partial charge is 0.514 e. The van der Waals surface area contributed by atoms with E-state index in [9.17, 15) is 0 Å². The number of fused-ring (bicyclic) bond motifs is 12. The van der Waals surface area contributed by atoms with E-state index >= 15 is 0 Å². The molecular weight excluding hydrogens is 523 g/mol. The van der Waals surface area contributed by atoms with Crippen molar-refractivity contribution in [1.82, 2.24) is 13.9 Å². The first-order valence-electron chi connectivity index (χ1n) is 15.0. The second-order valence-corrected chi connectivity index (χ2v) is 12.0. The molecule has 0 aliphatic carbocycles. The Morgan fingerprint density at radius 1 is 0.488 bits per heavy atom. The molecule has 0 amide bonds. The second-order valence-electron chi connectivity index (χ2n) is 12.0. The molecule has 198 valence electrons. The monoisotopic (exact) mass is 546 g/mol. The van der Waals surface area contributed by atoms with Crippen LogP contribution < -0.4 is 9.94 Å². The highest BCUT2D eigenvalue weighted by molar-refractivity contribution is 6.86. The Hall–Kier alpha value is -5.68. The number of hydrogen-bond donors (Lipinski definition) is 0. The van der Waals surface area contributed by atoms with Crippen molar-refractivity contribution in [2.75, 3.05) is 0 Å². The highest BCUT2D eigenvalue weighted by Gasteiger charge is 2.55. The summed E-state index contributed by atoms with van der Waals surface area (Å²) in [6.07, 6.45) is 4.15. The normalized spacial score (nSPS) is 16.5. The molecule has 0 radical (unpaired) electrons. The van der Waals surface area contributed by atoms with E-state index in [0.717, 1.165) is 11.4 Å². The Bertz CT molecular complexity index is 2680. The zero-order valence-corrected chi connectivity index (χ0v) is 23.1. The minimum absolute atomic E-state index is 1.15. The second kappa shape index (κ2) is 7.39. The first-order valence-corrected chi connectivity index (χ1v) is 15.0. The Kier molecular flexibility index (Phi) is 3.78. The predicted molar refractivity (Wildman–Crippen MR) is 177 cm³/mol. The van der Waals surface area contributed by atoms with E-state index in [4.69, 9.17) is 4.98 Å². The number of benzene rings is 6. The molecule has 5 heteroatoms. The van der Waals surface area contributed by atoms with Gasteiger partial charge in [0.2, 0.25) is 0 Å². The van der Waals surface area contributed by atoms with Crippen molar-refractivity contribution < 1.29 is 4.48 Å². The van der Waals surface area contributed by atoms with Crippen LogP contribution in [-0.4, -0.2) is 20.5 Å². The van der Waals surface area contributed by atoms with Crippen LogP contribution in [0.2, 0.25) is 0 Å². The van der Waals surface area contributed by atoms with Gasteiger partial charge >= 0.3 is 6.55 Å². The quantitative estimate of drug-likeness (QED) is 0.196. The Labute approximate surface area is 246 Å². The van der Waals surface area contributed by atoms with Crippen molar-refractivity contribution in [3.05, 3.63) is 140 Å². The molecule has 0 saturated heterocycles. The summed E-state index contributed by atoms with van der Waals surface area (Å²) in [5, 5.41) is 7.69. The number of para-hydroxylation sites is 3. The lowest BCUT2D eigenvalue weighted by molar-refractivity contribution is -0.527. The Morgan fingerprint density at radius 2 is 1.12 bits per heavy atom. The lowest BCUT2D eigenvalue weighted by Gasteiger charge is -2.47. The molecule has 0 fully saturated rings. The van der Waals surface area contributed by atoms with E-state index in [0.29, 0.717) is 0 Å². The van der Waals surface area contributed by atoms with Crippen LogP contribution in [0.3, 0.4) is 0 Å². The Balaban J connectivity index is 1.53. The van der Waals surface area contributed by atoms with Crippen molar-refractivity contribution in [3.8, 4) is 22.5 Å². The highest BCUT2D eigenvalue weighted by Crippen LogP contribution is 2.47. The fourth-order valence-electron chi connectivity index (χ4n) is 8.81. The average molecular weight is 546 g/mol. The lowest BCUT2D eigenvalue weighted by Crippen LogP contribution is -2.83. The van der Waals surface area contributed by atoms with Crippen LogP contribution in [0.5, 0.6) is 0 Å². The van der Waals surface area contributed by atoms with Gasteiger partial charge < -0.3 is 13.4 Å².